The molecule has 0 N–H and O–H groups in total. The van der Waals surface area contributed by atoms with Gasteiger partial charge in [-0.25, -0.2) is 4.57 Å². The molecule has 0 spiro atoms. The zero-order valence-electron chi connectivity index (χ0n) is 10.4. The molecular formula is C15H17BN+. The number of benzene rings is 1. The normalized spacial score (nSPS) is 22.0. The van der Waals surface area contributed by atoms with Crippen molar-refractivity contribution in [3.8, 4) is 11.1 Å². The Kier molecular flexibility index (Phi) is 2.51. The average molecular weight is 222 g/mol. The van der Waals surface area contributed by atoms with Crippen LogP contribution in [0.3, 0.4) is 0 Å². The smallest absolute Gasteiger partial charge is 0.176 e. The van der Waals surface area contributed by atoms with Crippen LogP contribution in [0.5, 0.6) is 0 Å². The third-order valence-corrected chi connectivity index (χ3v) is 3.78. The highest BCUT2D eigenvalue weighted by Gasteiger charge is 2.41. The quantitative estimate of drug-likeness (QED) is 0.542. The van der Waals surface area contributed by atoms with Gasteiger partial charge in [-0.3, -0.25) is 0 Å². The van der Waals surface area contributed by atoms with Gasteiger partial charge in [-0.15, -0.1) is 0 Å². The van der Waals surface area contributed by atoms with E-state index in [1.165, 1.54) is 24.1 Å². The van der Waals surface area contributed by atoms with Crippen molar-refractivity contribution < 1.29 is 4.57 Å². The summed E-state index contributed by atoms with van der Waals surface area (Å²) in [5.74, 6) is 1.62. The van der Waals surface area contributed by atoms with Gasteiger partial charge < -0.3 is 0 Å². The first-order valence-electron chi connectivity index (χ1n) is 6.30. The highest BCUT2D eigenvalue weighted by atomic mass is 14.9. The molecular weight excluding hydrogens is 205 g/mol. The van der Waals surface area contributed by atoms with E-state index in [0.29, 0.717) is 0 Å². The van der Waals surface area contributed by atoms with Crippen LogP contribution in [0.2, 0.25) is 5.82 Å². The lowest BCUT2D eigenvalue weighted by Crippen LogP contribution is -2.32. The van der Waals surface area contributed by atoms with Gasteiger partial charge in [0.25, 0.3) is 0 Å². The van der Waals surface area contributed by atoms with Crippen LogP contribution in [-0.2, 0) is 7.05 Å². The standard InChI is InChI=1S/C15H17BN/c1-11-15(16-11)14-10-13(8-9-17(14)2)12-6-4-3-5-7-12/h3-11,15-16H,1-2H3/q+1. The fourth-order valence-corrected chi connectivity index (χ4v) is 2.50. The van der Waals surface area contributed by atoms with E-state index in [1.54, 1.807) is 0 Å². The Balaban J connectivity index is 2.02. The summed E-state index contributed by atoms with van der Waals surface area (Å²) in [5.41, 5.74) is 4.11. The van der Waals surface area contributed by atoms with Crippen molar-refractivity contribution >= 4 is 7.28 Å². The van der Waals surface area contributed by atoms with Crippen molar-refractivity contribution in [2.75, 3.05) is 0 Å². The predicted octanol–water partition coefficient (Wildman–Crippen LogP) is 2.48. The van der Waals surface area contributed by atoms with E-state index < -0.39 is 0 Å². The lowest BCUT2D eigenvalue weighted by molar-refractivity contribution is -0.678. The first-order valence-corrected chi connectivity index (χ1v) is 6.30. The molecule has 0 radical (unpaired) electrons. The summed E-state index contributed by atoms with van der Waals surface area (Å²) in [6.45, 7) is 2.33. The van der Waals surface area contributed by atoms with Gasteiger partial charge in [0.05, 0.1) is 0 Å². The molecule has 2 heterocycles. The molecule has 2 aromatic rings. The summed E-state index contributed by atoms with van der Waals surface area (Å²) in [7, 11) is 3.49. The fourth-order valence-electron chi connectivity index (χ4n) is 2.50. The van der Waals surface area contributed by atoms with Gasteiger partial charge in [0.1, 0.15) is 14.3 Å². The molecule has 0 saturated carbocycles. The van der Waals surface area contributed by atoms with Crippen LogP contribution in [0, 0.1) is 0 Å². The predicted molar refractivity (Wildman–Crippen MR) is 72.4 cm³/mol. The summed E-state index contributed by atoms with van der Waals surface area (Å²) in [6.07, 6.45) is 2.18. The first-order chi connectivity index (χ1) is 8.25. The number of aryl methyl sites for hydroxylation is 1. The minimum atomic E-state index is 0.767. The zero-order chi connectivity index (χ0) is 11.8. The van der Waals surface area contributed by atoms with Crippen LogP contribution in [0.4, 0.5) is 0 Å². The molecule has 0 aliphatic carbocycles. The average Bonchev–Trinajstić information content (AvgIpc) is 3.08. The summed E-state index contributed by atoms with van der Waals surface area (Å²) in [5, 5.41) is 0. The van der Waals surface area contributed by atoms with Gasteiger partial charge in [-0.1, -0.05) is 43.1 Å². The molecule has 1 aliphatic heterocycles. The first kappa shape index (κ1) is 10.6. The van der Waals surface area contributed by atoms with Crippen LogP contribution < -0.4 is 4.57 Å². The van der Waals surface area contributed by atoms with Crippen molar-refractivity contribution in [2.24, 2.45) is 7.05 Å². The number of hydrogen-bond donors (Lipinski definition) is 0. The highest BCUT2D eigenvalue weighted by Crippen LogP contribution is 2.42. The summed E-state index contributed by atoms with van der Waals surface area (Å²) in [6, 6.07) is 15.2. The molecule has 1 nitrogen and oxygen atoms in total. The lowest BCUT2D eigenvalue weighted by atomic mass is 9.96. The van der Waals surface area contributed by atoms with E-state index in [4.69, 9.17) is 0 Å². The second kappa shape index (κ2) is 4.03. The second-order valence-corrected chi connectivity index (χ2v) is 5.14. The van der Waals surface area contributed by atoms with E-state index in [0.717, 1.165) is 11.6 Å². The number of rotatable bonds is 2. The molecule has 1 aromatic carbocycles. The number of aromatic nitrogens is 1. The molecule has 1 aliphatic rings. The number of pyridine rings is 1. The molecule has 2 heteroatoms. The van der Waals surface area contributed by atoms with Crippen LogP contribution in [0.1, 0.15) is 18.4 Å². The van der Waals surface area contributed by atoms with E-state index in [2.05, 4.69) is 67.2 Å². The molecule has 0 bridgehead atoms. The molecule has 1 aromatic heterocycles. The molecule has 0 amide bonds. The fraction of sp³-hybridized carbons (Fsp3) is 0.267. The molecule has 2 unspecified atom stereocenters. The topological polar surface area (TPSA) is 3.88 Å². The van der Waals surface area contributed by atoms with Crippen LogP contribution >= 0.6 is 0 Å². The van der Waals surface area contributed by atoms with Crippen LogP contribution in [-0.4, -0.2) is 7.28 Å². The van der Waals surface area contributed by atoms with E-state index in [9.17, 15) is 0 Å². The molecule has 84 valence electrons. The van der Waals surface area contributed by atoms with Gasteiger partial charge in [-0.2, -0.15) is 0 Å². The summed E-state index contributed by atoms with van der Waals surface area (Å²) < 4.78 is 2.26. The van der Waals surface area contributed by atoms with Crippen molar-refractivity contribution in [1.29, 1.82) is 0 Å². The number of hydrogen-bond acceptors (Lipinski definition) is 0. The summed E-state index contributed by atoms with van der Waals surface area (Å²) >= 11 is 0. The third-order valence-electron chi connectivity index (χ3n) is 3.78. The SMILES string of the molecule is CC1BC1c1cc(-c2ccccc2)cc[n+]1C. The van der Waals surface area contributed by atoms with Crippen LogP contribution in [0.25, 0.3) is 11.1 Å². The highest BCUT2D eigenvalue weighted by molar-refractivity contribution is 6.53. The molecule has 3 rings (SSSR count). The van der Waals surface area contributed by atoms with Gasteiger partial charge >= 0.3 is 0 Å². The zero-order valence-corrected chi connectivity index (χ0v) is 10.4. The monoisotopic (exact) mass is 222 g/mol. The maximum absolute atomic E-state index is 2.35. The van der Waals surface area contributed by atoms with Crippen molar-refractivity contribution in [1.82, 2.24) is 0 Å². The van der Waals surface area contributed by atoms with Crippen molar-refractivity contribution in [2.45, 2.75) is 18.6 Å². The molecule has 17 heavy (non-hydrogen) atoms. The maximum Gasteiger partial charge on any atom is 0.176 e. The minimum Gasteiger partial charge on any atom is -0.206 e. The molecule has 1 fully saturated rings. The van der Waals surface area contributed by atoms with E-state index in [1.807, 2.05) is 0 Å². The van der Waals surface area contributed by atoms with E-state index >= 15 is 0 Å². The Labute approximate surface area is 103 Å². The van der Waals surface area contributed by atoms with E-state index in [-0.39, 0.29) is 0 Å². The second-order valence-electron chi connectivity index (χ2n) is 5.14. The van der Waals surface area contributed by atoms with Crippen molar-refractivity contribution in [3.63, 3.8) is 0 Å². The molecule has 2 atom stereocenters. The lowest BCUT2D eigenvalue weighted by Gasteiger charge is -2.04. The van der Waals surface area contributed by atoms with Crippen molar-refractivity contribution in [3.05, 3.63) is 54.4 Å². The third kappa shape index (κ3) is 2.00. The molecule has 1 saturated heterocycles. The Morgan fingerprint density at radius 3 is 2.41 bits per heavy atom. The van der Waals surface area contributed by atoms with Gasteiger partial charge in [0, 0.05) is 17.9 Å². The Morgan fingerprint density at radius 2 is 1.76 bits per heavy atom. The number of nitrogens with zero attached hydrogens (tertiary/aromatic N) is 1. The Hall–Kier alpha value is -1.57. The Morgan fingerprint density at radius 1 is 1.06 bits per heavy atom. The maximum atomic E-state index is 2.35. The van der Waals surface area contributed by atoms with Gasteiger partial charge in [0.15, 0.2) is 11.9 Å². The van der Waals surface area contributed by atoms with Gasteiger partial charge in [-0.05, 0) is 11.1 Å². The van der Waals surface area contributed by atoms with Crippen LogP contribution in [0.15, 0.2) is 48.7 Å². The minimum absolute atomic E-state index is 0.767. The summed E-state index contributed by atoms with van der Waals surface area (Å²) in [4.78, 5) is 0. The largest absolute Gasteiger partial charge is 0.206 e. The Bertz CT molecular complexity index is 536. The van der Waals surface area contributed by atoms with Gasteiger partial charge in [0.2, 0.25) is 0 Å².